The summed E-state index contributed by atoms with van der Waals surface area (Å²) < 4.78 is 29.7. The number of anilines is 1. The zero-order valence-corrected chi connectivity index (χ0v) is 28.7. The summed E-state index contributed by atoms with van der Waals surface area (Å²) in [7, 11) is -4.21. The first kappa shape index (κ1) is 34.2. The van der Waals surface area contributed by atoms with Gasteiger partial charge >= 0.3 is 0 Å². The van der Waals surface area contributed by atoms with Gasteiger partial charge in [-0.15, -0.1) is 0 Å². The Hall–Kier alpha value is -4.14. The monoisotopic (exact) mass is 671 g/mol. The number of halogens is 1. The molecule has 1 N–H and O–H groups in total. The highest BCUT2D eigenvalue weighted by molar-refractivity contribution is 7.92. The molecule has 0 aromatic heterocycles. The molecule has 0 saturated heterocycles. The minimum atomic E-state index is -4.21. The summed E-state index contributed by atoms with van der Waals surface area (Å²) in [6.07, 6.45) is 4.18. The Bertz CT molecular complexity index is 1810. The largest absolute Gasteiger partial charge is 0.352 e. The van der Waals surface area contributed by atoms with Gasteiger partial charge in [0.2, 0.25) is 11.8 Å². The predicted molar refractivity (Wildman–Crippen MR) is 188 cm³/mol. The summed E-state index contributed by atoms with van der Waals surface area (Å²) in [6.45, 7) is 5.47. The van der Waals surface area contributed by atoms with Crippen molar-refractivity contribution >= 4 is 39.1 Å². The van der Waals surface area contributed by atoms with Crippen LogP contribution in [0.25, 0.3) is 0 Å². The van der Waals surface area contributed by atoms with Crippen LogP contribution in [0.1, 0.15) is 53.5 Å². The molecule has 4 aromatic rings. The molecule has 1 aliphatic rings. The SMILES string of the molecule is Cc1cccc(CN(C(=O)CN(c2ccc(C)c(C)c2)S(=O)(=O)c2ccc(Cl)cc2)[C@@H](Cc2ccccc2)C(=O)NC2CCCC2)c1. The molecule has 246 valence electrons. The molecule has 1 fully saturated rings. The van der Waals surface area contributed by atoms with E-state index in [4.69, 9.17) is 11.6 Å². The van der Waals surface area contributed by atoms with Crippen LogP contribution in [0.2, 0.25) is 5.02 Å². The van der Waals surface area contributed by atoms with E-state index < -0.39 is 28.5 Å². The van der Waals surface area contributed by atoms with Crippen molar-refractivity contribution < 1.29 is 18.0 Å². The van der Waals surface area contributed by atoms with Crippen molar-refractivity contribution in [2.24, 2.45) is 0 Å². The zero-order chi connectivity index (χ0) is 33.6. The molecule has 5 rings (SSSR count). The molecule has 0 aliphatic heterocycles. The average Bonchev–Trinajstić information content (AvgIpc) is 3.56. The maximum Gasteiger partial charge on any atom is 0.264 e. The van der Waals surface area contributed by atoms with Crippen LogP contribution in [0.5, 0.6) is 0 Å². The first-order valence-electron chi connectivity index (χ1n) is 16.1. The van der Waals surface area contributed by atoms with E-state index in [2.05, 4.69) is 5.32 Å². The number of nitrogens with zero attached hydrogens (tertiary/aromatic N) is 2. The second-order valence-electron chi connectivity index (χ2n) is 12.4. The van der Waals surface area contributed by atoms with Gasteiger partial charge in [-0.2, -0.15) is 0 Å². The quantitative estimate of drug-likeness (QED) is 0.173. The lowest BCUT2D eigenvalue weighted by molar-refractivity contribution is -0.140. The van der Waals surface area contributed by atoms with Crippen molar-refractivity contribution in [3.05, 3.63) is 130 Å². The Morgan fingerprint density at radius 2 is 1.51 bits per heavy atom. The standard InChI is InChI=1S/C38H42ClN3O4S/c1-27-10-9-13-31(22-27)25-41(36(24-30-11-5-4-6-12-30)38(44)40-33-14-7-8-15-33)37(43)26-42(34-19-16-28(2)29(3)23-34)47(45,46)35-20-17-32(39)18-21-35/h4-6,9-13,16-23,33,36H,7-8,14-15,24-26H2,1-3H3,(H,40,44)/t36-/m0/s1. The lowest BCUT2D eigenvalue weighted by atomic mass is 10.0. The molecule has 4 aromatic carbocycles. The van der Waals surface area contributed by atoms with Crippen LogP contribution in [-0.2, 0) is 32.6 Å². The number of hydrogen-bond donors (Lipinski definition) is 1. The van der Waals surface area contributed by atoms with Crippen molar-refractivity contribution in [3.63, 3.8) is 0 Å². The number of sulfonamides is 1. The van der Waals surface area contributed by atoms with E-state index in [1.54, 1.807) is 17.0 Å². The fraction of sp³-hybridized carbons (Fsp3) is 0.316. The highest BCUT2D eigenvalue weighted by Gasteiger charge is 2.35. The Kier molecular flexibility index (Phi) is 11.0. The predicted octanol–water partition coefficient (Wildman–Crippen LogP) is 7.16. The molecular weight excluding hydrogens is 630 g/mol. The normalized spacial score (nSPS) is 14.0. The highest BCUT2D eigenvalue weighted by atomic mass is 35.5. The lowest BCUT2D eigenvalue weighted by Gasteiger charge is -2.34. The summed E-state index contributed by atoms with van der Waals surface area (Å²) in [4.78, 5) is 30.4. The number of carbonyl (C=O) groups excluding carboxylic acids is 2. The highest BCUT2D eigenvalue weighted by Crippen LogP contribution is 2.28. The molecule has 47 heavy (non-hydrogen) atoms. The molecule has 0 heterocycles. The Labute approximate surface area is 283 Å². The van der Waals surface area contributed by atoms with E-state index in [0.717, 1.165) is 57.8 Å². The molecular formula is C38H42ClN3O4S. The molecule has 9 heteroatoms. The summed E-state index contributed by atoms with van der Waals surface area (Å²) in [6, 6.07) is 27.8. The van der Waals surface area contributed by atoms with E-state index in [9.17, 15) is 18.0 Å². The van der Waals surface area contributed by atoms with Gasteiger partial charge in [0.15, 0.2) is 0 Å². The Balaban J connectivity index is 1.58. The molecule has 1 saturated carbocycles. The van der Waals surface area contributed by atoms with E-state index in [1.165, 1.54) is 24.3 Å². The number of hydrogen-bond acceptors (Lipinski definition) is 4. The number of rotatable bonds is 12. The summed E-state index contributed by atoms with van der Waals surface area (Å²) in [5.74, 6) is -0.718. The van der Waals surface area contributed by atoms with Crippen LogP contribution in [0.3, 0.4) is 0 Å². The molecule has 0 radical (unpaired) electrons. The molecule has 0 spiro atoms. The van der Waals surface area contributed by atoms with Gasteiger partial charge in [0.1, 0.15) is 12.6 Å². The number of nitrogens with one attached hydrogen (secondary N) is 1. The van der Waals surface area contributed by atoms with E-state index >= 15 is 0 Å². The first-order valence-corrected chi connectivity index (χ1v) is 17.9. The number of benzene rings is 4. The van der Waals surface area contributed by atoms with Crippen molar-refractivity contribution in [2.45, 2.75) is 76.4 Å². The van der Waals surface area contributed by atoms with Gasteiger partial charge in [-0.25, -0.2) is 8.42 Å². The first-order chi connectivity index (χ1) is 22.5. The van der Waals surface area contributed by atoms with Crippen LogP contribution in [0, 0.1) is 20.8 Å². The van der Waals surface area contributed by atoms with Crippen LogP contribution in [0.15, 0.2) is 102 Å². The fourth-order valence-corrected chi connectivity index (χ4v) is 7.60. The molecule has 7 nitrogen and oxygen atoms in total. The third kappa shape index (κ3) is 8.62. The number of amides is 2. The second kappa shape index (κ2) is 15.2. The summed E-state index contributed by atoms with van der Waals surface area (Å²) in [5.41, 5.74) is 5.02. The van der Waals surface area contributed by atoms with Gasteiger partial charge in [0.05, 0.1) is 10.6 Å². The number of aryl methyl sites for hydroxylation is 3. The molecule has 0 bridgehead atoms. The Morgan fingerprint density at radius 3 is 2.17 bits per heavy atom. The number of carbonyl (C=O) groups is 2. The topological polar surface area (TPSA) is 86.8 Å². The summed E-state index contributed by atoms with van der Waals surface area (Å²) >= 11 is 6.10. The van der Waals surface area contributed by atoms with E-state index in [1.807, 2.05) is 81.4 Å². The van der Waals surface area contributed by atoms with Crippen molar-refractivity contribution in [1.29, 1.82) is 0 Å². The lowest BCUT2D eigenvalue weighted by Crippen LogP contribution is -2.54. The molecule has 0 unspecified atom stereocenters. The van der Waals surface area contributed by atoms with Gasteiger partial charge in [-0.3, -0.25) is 13.9 Å². The zero-order valence-electron chi connectivity index (χ0n) is 27.2. The third-order valence-corrected chi connectivity index (χ3v) is 10.9. The van der Waals surface area contributed by atoms with Gasteiger partial charge in [0, 0.05) is 24.0 Å². The van der Waals surface area contributed by atoms with Crippen molar-refractivity contribution in [2.75, 3.05) is 10.8 Å². The third-order valence-electron chi connectivity index (χ3n) is 8.87. The Morgan fingerprint density at radius 1 is 0.830 bits per heavy atom. The minimum Gasteiger partial charge on any atom is -0.352 e. The van der Waals surface area contributed by atoms with Gasteiger partial charge < -0.3 is 10.2 Å². The minimum absolute atomic E-state index is 0.0120. The van der Waals surface area contributed by atoms with Crippen LogP contribution >= 0.6 is 11.6 Å². The van der Waals surface area contributed by atoms with Gasteiger partial charge in [-0.05, 0) is 92.3 Å². The van der Waals surface area contributed by atoms with E-state index in [0.29, 0.717) is 10.7 Å². The van der Waals surface area contributed by atoms with Gasteiger partial charge in [0.25, 0.3) is 10.0 Å². The molecule has 2 amide bonds. The van der Waals surface area contributed by atoms with Crippen LogP contribution in [0.4, 0.5) is 5.69 Å². The maximum atomic E-state index is 14.7. The van der Waals surface area contributed by atoms with Crippen molar-refractivity contribution in [3.8, 4) is 0 Å². The second-order valence-corrected chi connectivity index (χ2v) is 14.7. The van der Waals surface area contributed by atoms with Gasteiger partial charge in [-0.1, -0.05) is 90.7 Å². The fourth-order valence-electron chi connectivity index (χ4n) is 6.07. The molecule has 1 aliphatic carbocycles. The van der Waals surface area contributed by atoms with E-state index in [-0.39, 0.29) is 29.8 Å². The molecule has 1 atom stereocenters. The van der Waals surface area contributed by atoms with Crippen LogP contribution < -0.4 is 9.62 Å². The smallest absolute Gasteiger partial charge is 0.264 e. The maximum absolute atomic E-state index is 14.7. The average molecular weight is 672 g/mol. The summed E-state index contributed by atoms with van der Waals surface area (Å²) in [5, 5.41) is 3.62. The van der Waals surface area contributed by atoms with Crippen molar-refractivity contribution in [1.82, 2.24) is 10.2 Å². The van der Waals surface area contributed by atoms with Crippen LogP contribution in [-0.4, -0.2) is 43.8 Å².